The number of fused-ring (bicyclic) bond motifs is 1. The summed E-state index contributed by atoms with van der Waals surface area (Å²) in [6.07, 6.45) is -4.83. The largest absolute Gasteiger partial charge is 0.573 e. The molecule has 1 aliphatic heterocycles. The van der Waals surface area contributed by atoms with E-state index in [1.807, 2.05) is 0 Å². The fourth-order valence-electron chi connectivity index (χ4n) is 2.63. The molecular weight excluding hydrogens is 417 g/mol. The number of alkyl halides is 3. The number of hydrogen-bond donors (Lipinski definition) is 1. The van der Waals surface area contributed by atoms with E-state index in [2.05, 4.69) is 9.46 Å². The van der Waals surface area contributed by atoms with Crippen molar-refractivity contribution in [3.8, 4) is 5.75 Å². The number of nitrogens with one attached hydrogen (secondary N) is 1. The number of sulfonamides is 1. The summed E-state index contributed by atoms with van der Waals surface area (Å²) >= 11 is 1.52. The van der Waals surface area contributed by atoms with Gasteiger partial charge in [0.2, 0.25) is 5.91 Å². The molecule has 0 aromatic heterocycles. The summed E-state index contributed by atoms with van der Waals surface area (Å²) in [7, 11) is -4.00. The van der Waals surface area contributed by atoms with Crippen LogP contribution < -0.4 is 14.4 Å². The van der Waals surface area contributed by atoms with Gasteiger partial charge in [0.25, 0.3) is 10.0 Å². The van der Waals surface area contributed by atoms with Crippen molar-refractivity contribution in [3.63, 3.8) is 0 Å². The minimum absolute atomic E-state index is 0.0596. The first-order valence-electron chi connectivity index (χ1n) is 7.99. The van der Waals surface area contributed by atoms with Gasteiger partial charge in [0, 0.05) is 29.8 Å². The molecule has 0 fully saturated rings. The van der Waals surface area contributed by atoms with Gasteiger partial charge in [-0.05, 0) is 42.5 Å². The third kappa shape index (κ3) is 4.71. The van der Waals surface area contributed by atoms with Crippen LogP contribution in [0.2, 0.25) is 0 Å². The molecule has 28 heavy (non-hydrogen) atoms. The Hall–Kier alpha value is -2.40. The standard InChI is InChI=1S/C17H15F3N2O4S2/c1-11(23)22-8-9-27-16-7-6-14(10-15(16)22)28(24,25)21-12-2-4-13(5-3-12)26-17(18,19)20/h2-7,10,21H,8-9H2,1H3. The monoisotopic (exact) mass is 432 g/mol. The third-order valence-corrected chi connectivity index (χ3v) is 6.25. The van der Waals surface area contributed by atoms with Gasteiger partial charge in [0.05, 0.1) is 10.6 Å². The molecule has 0 atom stereocenters. The summed E-state index contributed by atoms with van der Waals surface area (Å²) in [5.41, 5.74) is 0.589. The summed E-state index contributed by atoms with van der Waals surface area (Å²) in [4.78, 5) is 14.1. The lowest BCUT2D eigenvalue weighted by molar-refractivity contribution is -0.274. The molecule has 0 unspecified atom stereocenters. The van der Waals surface area contributed by atoms with E-state index in [4.69, 9.17) is 0 Å². The molecule has 6 nitrogen and oxygen atoms in total. The van der Waals surface area contributed by atoms with E-state index in [-0.39, 0.29) is 16.5 Å². The number of amides is 1. The molecule has 0 spiro atoms. The summed E-state index contributed by atoms with van der Waals surface area (Å²) in [6, 6.07) is 8.79. The van der Waals surface area contributed by atoms with Gasteiger partial charge in [0.15, 0.2) is 0 Å². The maximum atomic E-state index is 12.6. The van der Waals surface area contributed by atoms with Gasteiger partial charge in [-0.3, -0.25) is 9.52 Å². The third-order valence-electron chi connectivity index (χ3n) is 3.82. The Morgan fingerprint density at radius 2 is 1.86 bits per heavy atom. The number of anilines is 2. The molecule has 0 aliphatic carbocycles. The van der Waals surface area contributed by atoms with Gasteiger partial charge >= 0.3 is 6.36 Å². The van der Waals surface area contributed by atoms with Crippen LogP contribution in [0, 0.1) is 0 Å². The Bertz CT molecular complexity index is 992. The summed E-state index contributed by atoms with van der Waals surface area (Å²) in [5.74, 6) is 0.0613. The number of rotatable bonds is 4. The maximum Gasteiger partial charge on any atom is 0.573 e. The van der Waals surface area contributed by atoms with Crippen molar-refractivity contribution in [2.75, 3.05) is 21.9 Å². The average Bonchev–Trinajstić information content (AvgIpc) is 2.61. The molecule has 2 aromatic carbocycles. The predicted molar refractivity (Wildman–Crippen MR) is 99.1 cm³/mol. The molecule has 0 saturated carbocycles. The zero-order valence-corrected chi connectivity index (χ0v) is 16.1. The van der Waals surface area contributed by atoms with Gasteiger partial charge in [-0.1, -0.05) is 0 Å². The average molecular weight is 432 g/mol. The van der Waals surface area contributed by atoms with Gasteiger partial charge < -0.3 is 9.64 Å². The van der Waals surface area contributed by atoms with E-state index < -0.39 is 22.1 Å². The Kier molecular flexibility index (Phi) is 5.48. The van der Waals surface area contributed by atoms with Crippen LogP contribution in [0.25, 0.3) is 0 Å². The highest BCUT2D eigenvalue weighted by Crippen LogP contribution is 2.36. The smallest absolute Gasteiger partial charge is 0.406 e. The van der Waals surface area contributed by atoms with Crippen molar-refractivity contribution < 1.29 is 31.1 Å². The number of benzene rings is 2. The zero-order valence-electron chi connectivity index (χ0n) is 14.5. The van der Waals surface area contributed by atoms with Gasteiger partial charge in [-0.15, -0.1) is 24.9 Å². The van der Waals surface area contributed by atoms with E-state index in [9.17, 15) is 26.4 Å². The molecule has 1 aliphatic rings. The molecular formula is C17H15F3N2O4S2. The number of carbonyl (C=O) groups excluding carboxylic acids is 1. The SMILES string of the molecule is CC(=O)N1CCSc2ccc(S(=O)(=O)Nc3ccc(OC(F)(F)F)cc3)cc21. The van der Waals surface area contributed by atoms with Crippen LogP contribution in [0.4, 0.5) is 24.5 Å². The van der Waals surface area contributed by atoms with Crippen molar-refractivity contribution in [2.24, 2.45) is 0 Å². The number of carbonyl (C=O) groups is 1. The Balaban J connectivity index is 1.83. The molecule has 0 saturated heterocycles. The Morgan fingerprint density at radius 1 is 1.18 bits per heavy atom. The Morgan fingerprint density at radius 3 is 2.46 bits per heavy atom. The fourth-order valence-corrected chi connectivity index (χ4v) is 4.68. The Labute approximate surface area is 163 Å². The molecule has 3 rings (SSSR count). The second-order valence-corrected chi connectivity index (χ2v) is 8.65. The first-order chi connectivity index (χ1) is 13.0. The lowest BCUT2D eigenvalue weighted by atomic mass is 10.2. The van der Waals surface area contributed by atoms with Crippen LogP contribution in [-0.2, 0) is 14.8 Å². The fraction of sp³-hybridized carbons (Fsp3) is 0.235. The van der Waals surface area contributed by atoms with E-state index in [0.29, 0.717) is 18.0 Å². The highest BCUT2D eigenvalue weighted by atomic mass is 32.2. The predicted octanol–water partition coefficient (Wildman–Crippen LogP) is 3.84. The lowest BCUT2D eigenvalue weighted by Gasteiger charge is -2.28. The molecule has 0 bridgehead atoms. The normalized spacial score (nSPS) is 14.4. The first kappa shape index (κ1) is 20.3. The van der Waals surface area contributed by atoms with Crippen LogP contribution >= 0.6 is 11.8 Å². The van der Waals surface area contributed by atoms with Crippen LogP contribution in [0.15, 0.2) is 52.3 Å². The van der Waals surface area contributed by atoms with Crippen molar-refractivity contribution >= 4 is 39.1 Å². The quantitative estimate of drug-likeness (QED) is 0.795. The van der Waals surface area contributed by atoms with Gasteiger partial charge in [0.1, 0.15) is 5.75 Å². The lowest BCUT2D eigenvalue weighted by Crippen LogP contribution is -2.33. The topological polar surface area (TPSA) is 75.7 Å². The number of thioether (sulfide) groups is 1. The van der Waals surface area contributed by atoms with E-state index >= 15 is 0 Å². The van der Waals surface area contributed by atoms with Crippen molar-refractivity contribution in [2.45, 2.75) is 23.1 Å². The molecule has 1 heterocycles. The summed E-state index contributed by atoms with van der Waals surface area (Å²) in [6.45, 7) is 1.88. The molecule has 1 amide bonds. The van der Waals surface area contributed by atoms with Crippen molar-refractivity contribution in [1.29, 1.82) is 0 Å². The highest BCUT2D eigenvalue weighted by molar-refractivity contribution is 7.99. The summed E-state index contributed by atoms with van der Waals surface area (Å²) < 4.78 is 67.9. The van der Waals surface area contributed by atoms with E-state index in [1.165, 1.54) is 35.7 Å². The zero-order chi connectivity index (χ0) is 20.5. The molecule has 150 valence electrons. The van der Waals surface area contributed by atoms with Crippen LogP contribution in [0.3, 0.4) is 0 Å². The van der Waals surface area contributed by atoms with Crippen molar-refractivity contribution in [3.05, 3.63) is 42.5 Å². The molecule has 2 aromatic rings. The first-order valence-corrected chi connectivity index (χ1v) is 10.5. The second-order valence-electron chi connectivity index (χ2n) is 5.83. The van der Waals surface area contributed by atoms with Crippen LogP contribution in [0.1, 0.15) is 6.92 Å². The number of nitrogens with zero attached hydrogens (tertiary/aromatic N) is 1. The number of ether oxygens (including phenoxy) is 1. The minimum Gasteiger partial charge on any atom is -0.406 e. The van der Waals surface area contributed by atoms with Crippen LogP contribution in [-0.4, -0.2) is 33.0 Å². The number of halogens is 3. The molecule has 11 heteroatoms. The van der Waals surface area contributed by atoms with Crippen molar-refractivity contribution in [1.82, 2.24) is 0 Å². The van der Waals surface area contributed by atoms with Gasteiger partial charge in [-0.25, -0.2) is 8.42 Å². The highest BCUT2D eigenvalue weighted by Gasteiger charge is 2.31. The minimum atomic E-state index is -4.83. The maximum absolute atomic E-state index is 12.6. The van der Waals surface area contributed by atoms with E-state index in [1.54, 1.807) is 6.07 Å². The molecule has 1 N–H and O–H groups in total. The van der Waals surface area contributed by atoms with Crippen LogP contribution in [0.5, 0.6) is 5.75 Å². The summed E-state index contributed by atoms with van der Waals surface area (Å²) in [5, 5.41) is 0. The molecule has 0 radical (unpaired) electrons. The second kappa shape index (κ2) is 7.55. The number of hydrogen-bond acceptors (Lipinski definition) is 5. The van der Waals surface area contributed by atoms with E-state index in [0.717, 1.165) is 29.2 Å². The van der Waals surface area contributed by atoms with Gasteiger partial charge in [-0.2, -0.15) is 0 Å².